The van der Waals surface area contributed by atoms with E-state index in [0.29, 0.717) is 0 Å². The zero-order chi connectivity index (χ0) is 16.0. The largest absolute Gasteiger partial charge is 0.483 e. The van der Waals surface area contributed by atoms with Gasteiger partial charge in [-0.2, -0.15) is 0 Å². The van der Waals surface area contributed by atoms with Gasteiger partial charge in [0.15, 0.2) is 6.61 Å². The van der Waals surface area contributed by atoms with Crippen LogP contribution < -0.4 is 15.4 Å². The fraction of sp³-hybridized carbons (Fsp3) is 0.357. The van der Waals surface area contributed by atoms with Gasteiger partial charge in [-0.3, -0.25) is 10.1 Å². The van der Waals surface area contributed by atoms with Crippen molar-refractivity contribution in [2.75, 3.05) is 6.61 Å². The van der Waals surface area contributed by atoms with Gasteiger partial charge in [0, 0.05) is 6.04 Å². The molecule has 7 nitrogen and oxygen atoms in total. The maximum absolute atomic E-state index is 11.5. The third-order valence-electron chi connectivity index (χ3n) is 2.40. The lowest BCUT2D eigenvalue weighted by molar-refractivity contribution is -0.122. The molecule has 0 aliphatic carbocycles. The summed E-state index contributed by atoms with van der Waals surface area (Å²) in [6, 6.07) is 3.82. The first-order chi connectivity index (χ1) is 9.79. The molecule has 0 aromatic heterocycles. The predicted octanol–water partition coefficient (Wildman–Crippen LogP) is 1.31. The molecule has 3 N–H and O–H groups in total. The lowest BCUT2D eigenvalue weighted by atomic mass is 10.1. The SMILES string of the molecule is Cc1ccc(C(=O)O)c(OCC(=O)NC(=O)NC(C)C)c1. The molecule has 21 heavy (non-hydrogen) atoms. The van der Waals surface area contributed by atoms with Gasteiger partial charge >= 0.3 is 12.0 Å². The molecule has 0 saturated carbocycles. The summed E-state index contributed by atoms with van der Waals surface area (Å²) in [5, 5.41) is 13.6. The maximum atomic E-state index is 11.5. The number of urea groups is 1. The number of benzene rings is 1. The molecule has 0 radical (unpaired) electrons. The number of carbonyl (C=O) groups excluding carboxylic acids is 2. The minimum absolute atomic E-state index is 0.0416. The highest BCUT2D eigenvalue weighted by Crippen LogP contribution is 2.20. The second kappa shape index (κ2) is 7.28. The number of nitrogens with one attached hydrogen (secondary N) is 2. The number of ether oxygens (including phenoxy) is 1. The molecular formula is C14H18N2O5. The first-order valence-corrected chi connectivity index (χ1v) is 6.36. The standard InChI is InChI=1S/C14H18N2O5/c1-8(2)15-14(20)16-12(17)7-21-11-6-9(3)4-5-10(11)13(18)19/h4-6,8H,7H2,1-3H3,(H,18,19)(H2,15,16,17,20). The Labute approximate surface area is 122 Å². The van der Waals surface area contributed by atoms with Crippen molar-refractivity contribution in [3.05, 3.63) is 29.3 Å². The number of rotatable bonds is 5. The van der Waals surface area contributed by atoms with Gasteiger partial charge in [-0.05, 0) is 38.5 Å². The molecule has 1 aromatic rings. The van der Waals surface area contributed by atoms with Crippen molar-refractivity contribution in [2.45, 2.75) is 26.8 Å². The molecule has 114 valence electrons. The molecule has 0 spiro atoms. The van der Waals surface area contributed by atoms with Crippen LogP contribution in [0.1, 0.15) is 29.8 Å². The minimum atomic E-state index is -1.15. The Hall–Kier alpha value is -2.57. The Bertz CT molecular complexity index is 554. The molecule has 7 heteroatoms. The summed E-state index contributed by atoms with van der Waals surface area (Å²) in [6.07, 6.45) is 0. The molecule has 0 saturated heterocycles. The van der Waals surface area contributed by atoms with Crippen molar-refractivity contribution in [3.8, 4) is 5.75 Å². The lowest BCUT2D eigenvalue weighted by Crippen LogP contribution is -2.44. The van der Waals surface area contributed by atoms with Gasteiger partial charge < -0.3 is 15.2 Å². The Balaban J connectivity index is 2.63. The molecule has 0 fully saturated rings. The van der Waals surface area contributed by atoms with E-state index in [1.165, 1.54) is 12.1 Å². The van der Waals surface area contributed by atoms with Crippen molar-refractivity contribution >= 4 is 17.9 Å². The van der Waals surface area contributed by atoms with E-state index < -0.39 is 24.5 Å². The summed E-state index contributed by atoms with van der Waals surface area (Å²) in [7, 11) is 0. The first-order valence-electron chi connectivity index (χ1n) is 6.36. The molecular weight excluding hydrogens is 276 g/mol. The van der Waals surface area contributed by atoms with Gasteiger partial charge in [0.2, 0.25) is 0 Å². The number of carboxylic acids is 1. The van der Waals surface area contributed by atoms with Gasteiger partial charge in [-0.15, -0.1) is 0 Å². The van der Waals surface area contributed by atoms with Crippen LogP contribution >= 0.6 is 0 Å². The maximum Gasteiger partial charge on any atom is 0.339 e. The number of aryl methyl sites for hydroxylation is 1. The highest BCUT2D eigenvalue weighted by atomic mass is 16.5. The highest BCUT2D eigenvalue weighted by Gasteiger charge is 2.14. The summed E-state index contributed by atoms with van der Waals surface area (Å²) >= 11 is 0. The summed E-state index contributed by atoms with van der Waals surface area (Å²) in [6.45, 7) is 4.84. The van der Waals surface area contributed by atoms with Gasteiger partial charge in [-0.25, -0.2) is 9.59 Å². The Morgan fingerprint density at radius 3 is 2.52 bits per heavy atom. The van der Waals surface area contributed by atoms with Crippen LogP contribution in [0.5, 0.6) is 5.75 Å². The van der Waals surface area contributed by atoms with E-state index in [1.54, 1.807) is 26.8 Å². The topological polar surface area (TPSA) is 105 Å². The number of carboxylic acid groups (broad SMARTS) is 1. The fourth-order valence-corrected chi connectivity index (χ4v) is 1.53. The lowest BCUT2D eigenvalue weighted by Gasteiger charge is -2.11. The summed E-state index contributed by atoms with van der Waals surface area (Å²) in [5.41, 5.74) is 0.757. The molecule has 3 amide bonds. The zero-order valence-corrected chi connectivity index (χ0v) is 12.1. The van der Waals surface area contributed by atoms with E-state index in [4.69, 9.17) is 9.84 Å². The van der Waals surface area contributed by atoms with Crippen LogP contribution in [0.4, 0.5) is 4.79 Å². The van der Waals surface area contributed by atoms with Crippen molar-refractivity contribution in [3.63, 3.8) is 0 Å². The van der Waals surface area contributed by atoms with Crippen LogP contribution in [0, 0.1) is 6.92 Å². The van der Waals surface area contributed by atoms with E-state index >= 15 is 0 Å². The monoisotopic (exact) mass is 294 g/mol. The van der Waals surface area contributed by atoms with E-state index in [9.17, 15) is 14.4 Å². The number of carbonyl (C=O) groups is 3. The van der Waals surface area contributed by atoms with Gasteiger partial charge in [0.05, 0.1) is 0 Å². The van der Waals surface area contributed by atoms with Gasteiger partial charge in [0.1, 0.15) is 11.3 Å². The van der Waals surface area contributed by atoms with Crippen LogP contribution in [0.3, 0.4) is 0 Å². The molecule has 0 aliphatic heterocycles. The Morgan fingerprint density at radius 1 is 1.29 bits per heavy atom. The smallest absolute Gasteiger partial charge is 0.339 e. The second-order valence-electron chi connectivity index (χ2n) is 4.77. The van der Waals surface area contributed by atoms with Crippen molar-refractivity contribution < 1.29 is 24.2 Å². The molecule has 1 rings (SSSR count). The average molecular weight is 294 g/mol. The van der Waals surface area contributed by atoms with Gasteiger partial charge in [0.25, 0.3) is 5.91 Å². The summed E-state index contributed by atoms with van der Waals surface area (Å²) in [4.78, 5) is 33.9. The molecule has 0 aliphatic rings. The van der Waals surface area contributed by atoms with Crippen molar-refractivity contribution in [1.29, 1.82) is 0 Å². The minimum Gasteiger partial charge on any atom is -0.483 e. The van der Waals surface area contributed by atoms with E-state index in [0.717, 1.165) is 5.56 Å². The van der Waals surface area contributed by atoms with Crippen LogP contribution in [0.25, 0.3) is 0 Å². The van der Waals surface area contributed by atoms with Crippen LogP contribution in [0.2, 0.25) is 0 Å². The molecule has 0 unspecified atom stereocenters. The van der Waals surface area contributed by atoms with E-state index in [-0.39, 0.29) is 17.4 Å². The van der Waals surface area contributed by atoms with Gasteiger partial charge in [-0.1, -0.05) is 6.07 Å². The Kier molecular flexibility index (Phi) is 5.71. The van der Waals surface area contributed by atoms with Crippen LogP contribution in [-0.2, 0) is 4.79 Å². The molecule has 1 aromatic carbocycles. The second-order valence-corrected chi connectivity index (χ2v) is 4.77. The number of imide groups is 1. The molecule has 0 heterocycles. The predicted molar refractivity (Wildman–Crippen MR) is 75.4 cm³/mol. The molecule has 0 atom stereocenters. The van der Waals surface area contributed by atoms with Crippen LogP contribution in [0.15, 0.2) is 18.2 Å². The summed E-state index contributed by atoms with van der Waals surface area (Å²) < 4.78 is 5.17. The fourth-order valence-electron chi connectivity index (χ4n) is 1.53. The number of aromatic carboxylic acids is 1. The average Bonchev–Trinajstić information content (AvgIpc) is 2.34. The number of amides is 3. The Morgan fingerprint density at radius 2 is 1.95 bits per heavy atom. The van der Waals surface area contributed by atoms with Crippen LogP contribution in [-0.4, -0.2) is 35.7 Å². The third kappa shape index (κ3) is 5.52. The quantitative estimate of drug-likeness (QED) is 0.759. The summed E-state index contributed by atoms with van der Waals surface area (Å²) in [5.74, 6) is -1.73. The molecule has 0 bridgehead atoms. The zero-order valence-electron chi connectivity index (χ0n) is 12.1. The number of hydrogen-bond donors (Lipinski definition) is 3. The first kappa shape index (κ1) is 16.5. The normalized spacial score (nSPS) is 10.1. The van der Waals surface area contributed by atoms with E-state index in [1.807, 2.05) is 0 Å². The van der Waals surface area contributed by atoms with Crippen molar-refractivity contribution in [2.24, 2.45) is 0 Å². The van der Waals surface area contributed by atoms with E-state index in [2.05, 4.69) is 10.6 Å². The highest BCUT2D eigenvalue weighted by molar-refractivity contribution is 5.95. The third-order valence-corrected chi connectivity index (χ3v) is 2.40. The van der Waals surface area contributed by atoms with Crippen molar-refractivity contribution in [1.82, 2.24) is 10.6 Å². The number of hydrogen-bond acceptors (Lipinski definition) is 4.